The highest BCUT2D eigenvalue weighted by Crippen LogP contribution is 2.28. The van der Waals surface area contributed by atoms with E-state index in [1.165, 1.54) is 23.1 Å². The van der Waals surface area contributed by atoms with Crippen molar-refractivity contribution >= 4 is 40.6 Å². The fourth-order valence-electron chi connectivity index (χ4n) is 3.91. The van der Waals surface area contributed by atoms with Crippen LogP contribution < -0.4 is 14.8 Å². The number of hydrogen-bond acceptors (Lipinski definition) is 5. The average Bonchev–Trinajstić information content (AvgIpc) is 3.32. The number of carbonyl (C=O) groups is 2. The standard InChI is InChI=1S/C28H33ClFN3O4S/c1-5-13-33(28(35)31-21-8-10-24(30)23(29)16-21)18-27(34)32(17-22-9-6-19(2)38-22)14-12-20-7-11-25(36-3)26(15-20)37-4/h6-11,15-16H,5,12-14,17-18H2,1-4H3,(H,31,35). The lowest BCUT2D eigenvalue weighted by Crippen LogP contribution is -2.45. The maximum atomic E-state index is 13.5. The Balaban J connectivity index is 1.74. The Morgan fingerprint density at radius 2 is 1.76 bits per heavy atom. The summed E-state index contributed by atoms with van der Waals surface area (Å²) in [6.07, 6.45) is 1.27. The third kappa shape index (κ3) is 8.10. The van der Waals surface area contributed by atoms with Gasteiger partial charge in [0.15, 0.2) is 11.5 Å². The average molecular weight is 562 g/mol. The molecular weight excluding hydrogens is 529 g/mol. The highest BCUT2D eigenvalue weighted by molar-refractivity contribution is 7.11. The Kier molecular flexibility index (Phi) is 10.8. The molecule has 0 aliphatic carbocycles. The third-order valence-corrected chi connectivity index (χ3v) is 7.17. The Morgan fingerprint density at radius 1 is 1.00 bits per heavy atom. The van der Waals surface area contributed by atoms with Crippen molar-refractivity contribution in [3.8, 4) is 11.5 Å². The molecular formula is C28H33ClFN3O4S. The van der Waals surface area contributed by atoms with Crippen molar-refractivity contribution in [2.24, 2.45) is 0 Å². The van der Waals surface area contributed by atoms with Crippen molar-refractivity contribution in [3.63, 3.8) is 0 Å². The highest BCUT2D eigenvalue weighted by atomic mass is 35.5. The molecule has 1 heterocycles. The molecule has 0 radical (unpaired) electrons. The van der Waals surface area contributed by atoms with E-state index in [4.69, 9.17) is 21.1 Å². The van der Waals surface area contributed by atoms with E-state index in [2.05, 4.69) is 5.32 Å². The zero-order valence-corrected chi connectivity index (χ0v) is 23.6. The van der Waals surface area contributed by atoms with Gasteiger partial charge in [0.25, 0.3) is 0 Å². The van der Waals surface area contributed by atoms with Crippen LogP contribution in [0.4, 0.5) is 14.9 Å². The summed E-state index contributed by atoms with van der Waals surface area (Å²) in [6.45, 7) is 5.15. The summed E-state index contributed by atoms with van der Waals surface area (Å²) in [4.78, 5) is 32.0. The van der Waals surface area contributed by atoms with Crippen LogP contribution in [0.5, 0.6) is 11.5 Å². The minimum absolute atomic E-state index is 0.0894. The number of amides is 3. The van der Waals surface area contributed by atoms with E-state index >= 15 is 0 Å². The molecule has 2 aromatic carbocycles. The second-order valence-corrected chi connectivity index (χ2v) is 10.5. The predicted octanol–water partition coefficient (Wildman–Crippen LogP) is 6.38. The molecule has 3 aromatic rings. The minimum Gasteiger partial charge on any atom is -0.493 e. The van der Waals surface area contributed by atoms with Crippen LogP contribution in [0, 0.1) is 12.7 Å². The van der Waals surface area contributed by atoms with Crippen molar-refractivity contribution in [2.75, 3.05) is 39.2 Å². The zero-order valence-electron chi connectivity index (χ0n) is 22.1. The van der Waals surface area contributed by atoms with E-state index in [0.29, 0.717) is 49.7 Å². The maximum absolute atomic E-state index is 13.5. The molecule has 0 aliphatic heterocycles. The lowest BCUT2D eigenvalue weighted by Gasteiger charge is -2.27. The van der Waals surface area contributed by atoms with Crippen LogP contribution in [0.2, 0.25) is 5.02 Å². The molecule has 3 amide bonds. The van der Waals surface area contributed by atoms with Crippen LogP contribution in [0.3, 0.4) is 0 Å². The third-order valence-electron chi connectivity index (χ3n) is 5.89. The number of nitrogens with one attached hydrogen (secondary N) is 1. The van der Waals surface area contributed by atoms with Gasteiger partial charge < -0.3 is 24.6 Å². The van der Waals surface area contributed by atoms with Crippen LogP contribution in [-0.4, -0.2) is 55.6 Å². The van der Waals surface area contributed by atoms with Crippen LogP contribution in [0.1, 0.15) is 28.7 Å². The number of ether oxygens (including phenoxy) is 2. The number of halogens is 2. The van der Waals surface area contributed by atoms with E-state index in [1.807, 2.05) is 44.2 Å². The predicted molar refractivity (Wildman–Crippen MR) is 150 cm³/mol. The van der Waals surface area contributed by atoms with Crippen molar-refractivity contribution in [2.45, 2.75) is 33.2 Å². The normalized spacial score (nSPS) is 10.7. The van der Waals surface area contributed by atoms with Gasteiger partial charge in [-0.05, 0) is 67.8 Å². The van der Waals surface area contributed by atoms with Crippen LogP contribution in [0.15, 0.2) is 48.5 Å². The molecule has 204 valence electrons. The molecule has 0 fully saturated rings. The summed E-state index contributed by atoms with van der Waals surface area (Å²) in [5.41, 5.74) is 1.36. The summed E-state index contributed by atoms with van der Waals surface area (Å²) in [6, 6.07) is 13.3. The lowest BCUT2D eigenvalue weighted by molar-refractivity contribution is -0.132. The van der Waals surface area contributed by atoms with Gasteiger partial charge in [0, 0.05) is 28.5 Å². The minimum atomic E-state index is -0.570. The van der Waals surface area contributed by atoms with Gasteiger partial charge in [-0.2, -0.15) is 0 Å². The second-order valence-electron chi connectivity index (χ2n) is 8.75. The van der Waals surface area contributed by atoms with Crippen LogP contribution >= 0.6 is 22.9 Å². The number of urea groups is 1. The topological polar surface area (TPSA) is 71.1 Å². The smallest absolute Gasteiger partial charge is 0.322 e. The van der Waals surface area contributed by atoms with Crippen molar-refractivity contribution in [3.05, 3.63) is 74.7 Å². The summed E-state index contributed by atoms with van der Waals surface area (Å²) >= 11 is 7.49. The first kappa shape index (κ1) is 29.3. The molecule has 0 unspecified atom stereocenters. The maximum Gasteiger partial charge on any atom is 0.322 e. The molecule has 7 nitrogen and oxygen atoms in total. The molecule has 38 heavy (non-hydrogen) atoms. The quantitative estimate of drug-likeness (QED) is 0.278. The first-order valence-electron chi connectivity index (χ1n) is 12.3. The van der Waals surface area contributed by atoms with E-state index in [1.54, 1.807) is 30.5 Å². The number of carbonyl (C=O) groups excluding carboxylic acids is 2. The van der Waals surface area contributed by atoms with Gasteiger partial charge in [-0.1, -0.05) is 24.6 Å². The van der Waals surface area contributed by atoms with Gasteiger partial charge in [0.2, 0.25) is 5.91 Å². The number of nitrogens with zero attached hydrogens (tertiary/aromatic N) is 2. The lowest BCUT2D eigenvalue weighted by atomic mass is 10.1. The fourth-order valence-corrected chi connectivity index (χ4v) is 5.00. The molecule has 10 heteroatoms. The van der Waals surface area contributed by atoms with Gasteiger partial charge in [0.1, 0.15) is 12.4 Å². The number of aryl methyl sites for hydroxylation is 1. The largest absolute Gasteiger partial charge is 0.493 e. The monoisotopic (exact) mass is 561 g/mol. The summed E-state index contributed by atoms with van der Waals surface area (Å²) in [5, 5.41) is 2.63. The molecule has 1 N–H and O–H groups in total. The Labute approximate surface area is 232 Å². The van der Waals surface area contributed by atoms with Gasteiger partial charge in [-0.3, -0.25) is 4.79 Å². The Morgan fingerprint density at radius 3 is 2.39 bits per heavy atom. The molecule has 1 aromatic heterocycles. The molecule has 0 spiro atoms. The molecule has 0 bridgehead atoms. The van der Waals surface area contributed by atoms with Crippen molar-refractivity contribution in [1.82, 2.24) is 9.80 Å². The molecule has 3 rings (SSSR count). The van der Waals surface area contributed by atoms with Crippen LogP contribution in [-0.2, 0) is 17.8 Å². The number of thiophene rings is 1. The van der Waals surface area contributed by atoms with Gasteiger partial charge >= 0.3 is 6.03 Å². The summed E-state index contributed by atoms with van der Waals surface area (Å²) in [5.74, 6) is 0.529. The zero-order chi connectivity index (χ0) is 27.7. The molecule has 0 saturated heterocycles. The van der Waals surface area contributed by atoms with E-state index in [-0.39, 0.29) is 17.5 Å². The Bertz CT molecular complexity index is 1250. The number of methoxy groups -OCH3 is 2. The molecule has 0 aliphatic rings. The SMILES string of the molecule is CCCN(CC(=O)N(CCc1ccc(OC)c(OC)c1)Cc1ccc(C)s1)C(=O)Nc1ccc(F)c(Cl)c1. The number of anilines is 1. The first-order chi connectivity index (χ1) is 18.2. The van der Waals surface area contributed by atoms with E-state index in [9.17, 15) is 14.0 Å². The summed E-state index contributed by atoms with van der Waals surface area (Å²) in [7, 11) is 3.17. The number of rotatable bonds is 12. The highest BCUT2D eigenvalue weighted by Gasteiger charge is 2.22. The van der Waals surface area contributed by atoms with Crippen LogP contribution in [0.25, 0.3) is 0 Å². The first-order valence-corrected chi connectivity index (χ1v) is 13.5. The van der Waals surface area contributed by atoms with Gasteiger partial charge in [0.05, 0.1) is 25.8 Å². The summed E-state index contributed by atoms with van der Waals surface area (Å²) < 4.78 is 24.3. The van der Waals surface area contributed by atoms with E-state index < -0.39 is 11.8 Å². The van der Waals surface area contributed by atoms with Crippen molar-refractivity contribution in [1.29, 1.82) is 0 Å². The Hall–Kier alpha value is -3.30. The van der Waals surface area contributed by atoms with E-state index in [0.717, 1.165) is 15.3 Å². The molecule has 0 atom stereocenters. The number of hydrogen-bond donors (Lipinski definition) is 1. The van der Waals surface area contributed by atoms with Gasteiger partial charge in [-0.15, -0.1) is 11.3 Å². The molecule has 0 saturated carbocycles. The number of benzene rings is 2. The fraction of sp³-hybridized carbons (Fsp3) is 0.357. The van der Waals surface area contributed by atoms with Crippen molar-refractivity contribution < 1.29 is 23.5 Å². The van der Waals surface area contributed by atoms with Gasteiger partial charge in [-0.25, -0.2) is 9.18 Å². The second kappa shape index (κ2) is 14.0.